The number of likely N-dealkylation sites (N-methyl/N-ethyl adjacent to an activating group) is 1. The molecule has 11 heteroatoms. The number of amides is 4. The minimum atomic E-state index is -0.561. The molecule has 3 aliphatic rings. The Bertz CT molecular complexity index is 1920. The summed E-state index contributed by atoms with van der Waals surface area (Å²) in [5.41, 5.74) is 12.5. The number of anilines is 2. The number of nitrogens with zero attached hydrogens (tertiary/aromatic N) is 4. The molecule has 4 amide bonds. The first-order valence-corrected chi connectivity index (χ1v) is 18.6. The van der Waals surface area contributed by atoms with Crippen molar-refractivity contribution in [3.63, 3.8) is 0 Å². The van der Waals surface area contributed by atoms with E-state index >= 15 is 0 Å². The summed E-state index contributed by atoms with van der Waals surface area (Å²) >= 11 is 0. The van der Waals surface area contributed by atoms with Crippen molar-refractivity contribution in [1.29, 1.82) is 0 Å². The fraction of sp³-hybridized carbons (Fsp3) is 0.357. The number of nitrogens with one attached hydrogen (secondary N) is 2. The molecule has 2 aliphatic heterocycles. The molecule has 7 rings (SSSR count). The molecular formula is C42H49N7O4. The minimum absolute atomic E-state index is 0.0143. The first kappa shape index (κ1) is 37.2. The van der Waals surface area contributed by atoms with Gasteiger partial charge in [-0.05, 0) is 105 Å². The average Bonchev–Trinajstić information content (AvgIpc) is 3.20. The van der Waals surface area contributed by atoms with E-state index in [0.29, 0.717) is 59.8 Å². The molecule has 53 heavy (non-hydrogen) atoms. The number of primary amides is 1. The van der Waals surface area contributed by atoms with Gasteiger partial charge >= 0.3 is 0 Å². The van der Waals surface area contributed by atoms with E-state index in [1.54, 1.807) is 59.5 Å². The molecule has 4 N–H and O–H groups in total. The number of rotatable bonds is 9. The van der Waals surface area contributed by atoms with Crippen LogP contribution in [0.5, 0.6) is 0 Å². The van der Waals surface area contributed by atoms with Crippen LogP contribution in [0.15, 0.2) is 85.1 Å². The number of hydrogen-bond acceptors (Lipinski definition) is 7. The van der Waals surface area contributed by atoms with E-state index in [4.69, 9.17) is 5.73 Å². The van der Waals surface area contributed by atoms with E-state index in [9.17, 15) is 19.2 Å². The zero-order chi connectivity index (χ0) is 37.2. The quantitative estimate of drug-likeness (QED) is 0.218. The Morgan fingerprint density at radius 3 is 2.28 bits per heavy atom. The number of piperazine rings is 1. The average molecular weight is 716 g/mol. The SMILES string of the molecule is CN(CCN1CCNC(=O)C1)C(=O)c1cccc(C(=O)Nc2ccc(N3CCCCC3)cc2-c2cc(C(N)=O)ccn2)c1.c1ccc2c(c1)CCCC2. The van der Waals surface area contributed by atoms with E-state index < -0.39 is 5.91 Å². The number of nitrogens with two attached hydrogens (primary N) is 1. The summed E-state index contributed by atoms with van der Waals surface area (Å²) in [6.45, 7) is 4.59. The molecule has 0 unspecified atom stereocenters. The molecule has 276 valence electrons. The van der Waals surface area contributed by atoms with Gasteiger partial charge in [0.25, 0.3) is 11.8 Å². The molecule has 1 aromatic heterocycles. The van der Waals surface area contributed by atoms with Crippen LogP contribution < -0.4 is 21.3 Å². The van der Waals surface area contributed by atoms with Crippen LogP contribution in [0.2, 0.25) is 0 Å². The van der Waals surface area contributed by atoms with Crippen molar-refractivity contribution >= 4 is 35.0 Å². The Labute approximate surface area is 311 Å². The van der Waals surface area contributed by atoms with Gasteiger partial charge in [-0.15, -0.1) is 0 Å². The molecule has 0 spiro atoms. The Kier molecular flexibility index (Phi) is 12.5. The van der Waals surface area contributed by atoms with Crippen molar-refractivity contribution in [3.05, 3.63) is 113 Å². The van der Waals surface area contributed by atoms with Crippen LogP contribution >= 0.6 is 0 Å². The normalized spacial score (nSPS) is 15.6. The highest BCUT2D eigenvalue weighted by Gasteiger charge is 2.21. The van der Waals surface area contributed by atoms with Crippen LogP contribution in [0, 0.1) is 0 Å². The number of pyridine rings is 1. The van der Waals surface area contributed by atoms with Crippen LogP contribution in [0.4, 0.5) is 11.4 Å². The van der Waals surface area contributed by atoms with Gasteiger partial charge in [0.1, 0.15) is 0 Å². The molecular weight excluding hydrogens is 667 g/mol. The van der Waals surface area contributed by atoms with Gasteiger partial charge in [-0.3, -0.25) is 29.1 Å². The summed E-state index contributed by atoms with van der Waals surface area (Å²) in [7, 11) is 1.71. The lowest BCUT2D eigenvalue weighted by atomic mass is 9.92. The number of fused-ring (bicyclic) bond motifs is 1. The van der Waals surface area contributed by atoms with Crippen molar-refractivity contribution in [1.82, 2.24) is 20.1 Å². The van der Waals surface area contributed by atoms with Crippen LogP contribution in [-0.2, 0) is 17.6 Å². The van der Waals surface area contributed by atoms with Crippen LogP contribution in [0.1, 0.15) is 74.3 Å². The number of carbonyl (C=O) groups excluding carboxylic acids is 4. The van der Waals surface area contributed by atoms with Gasteiger partial charge in [0.15, 0.2) is 0 Å². The molecule has 2 fully saturated rings. The third-order valence-electron chi connectivity index (χ3n) is 10.1. The monoisotopic (exact) mass is 715 g/mol. The molecule has 0 bridgehead atoms. The second kappa shape index (κ2) is 17.8. The van der Waals surface area contributed by atoms with Crippen molar-refractivity contribution in [2.24, 2.45) is 5.73 Å². The highest BCUT2D eigenvalue weighted by molar-refractivity contribution is 6.08. The maximum absolute atomic E-state index is 13.5. The summed E-state index contributed by atoms with van der Waals surface area (Å²) in [4.78, 5) is 60.6. The van der Waals surface area contributed by atoms with E-state index in [1.165, 1.54) is 38.3 Å². The zero-order valence-electron chi connectivity index (χ0n) is 30.5. The van der Waals surface area contributed by atoms with Crippen LogP contribution in [-0.4, -0.2) is 91.3 Å². The standard InChI is InChI=1S/C32H37N7O4.C10H12/c1-37(16-17-38-15-12-35-29(40)21-38)32(43)24-7-5-6-23(18-24)31(42)36-27-9-8-25(39-13-3-2-4-14-39)20-26(27)28-19-22(30(33)41)10-11-34-28;1-2-6-10-8-4-3-7-9(10)5-1/h5-11,18-20H,2-4,12-17,21H2,1H3,(H2,33,41)(H,35,40)(H,36,42);1-2,5-6H,3-4,7-8H2. The summed E-state index contributed by atoms with van der Waals surface area (Å²) in [5.74, 6) is -1.17. The largest absolute Gasteiger partial charge is 0.372 e. The smallest absolute Gasteiger partial charge is 0.255 e. The fourth-order valence-electron chi connectivity index (χ4n) is 7.09. The van der Waals surface area contributed by atoms with Gasteiger partial charge in [0, 0.05) is 80.5 Å². The molecule has 0 radical (unpaired) electrons. The maximum Gasteiger partial charge on any atom is 0.255 e. The van der Waals surface area contributed by atoms with E-state index in [0.717, 1.165) is 38.2 Å². The molecule has 3 heterocycles. The van der Waals surface area contributed by atoms with Crippen molar-refractivity contribution < 1.29 is 19.2 Å². The highest BCUT2D eigenvalue weighted by atomic mass is 16.2. The third kappa shape index (κ3) is 9.87. The van der Waals surface area contributed by atoms with Gasteiger partial charge in [-0.25, -0.2) is 0 Å². The van der Waals surface area contributed by atoms with Gasteiger partial charge in [-0.2, -0.15) is 0 Å². The number of carbonyl (C=O) groups is 4. The number of hydrogen-bond donors (Lipinski definition) is 3. The minimum Gasteiger partial charge on any atom is -0.372 e. The first-order valence-electron chi connectivity index (χ1n) is 18.6. The van der Waals surface area contributed by atoms with E-state index in [-0.39, 0.29) is 17.7 Å². The predicted octanol–water partition coefficient (Wildman–Crippen LogP) is 5.16. The Balaban J connectivity index is 0.000000411. The van der Waals surface area contributed by atoms with Gasteiger partial charge < -0.3 is 26.2 Å². The van der Waals surface area contributed by atoms with Crippen LogP contribution in [0.25, 0.3) is 11.3 Å². The molecule has 3 aromatic carbocycles. The van der Waals surface area contributed by atoms with Crippen molar-refractivity contribution in [2.75, 3.05) is 63.1 Å². The Hall–Kier alpha value is -5.55. The van der Waals surface area contributed by atoms with Crippen molar-refractivity contribution in [3.8, 4) is 11.3 Å². The molecule has 4 aromatic rings. The summed E-state index contributed by atoms with van der Waals surface area (Å²) < 4.78 is 0. The lowest BCUT2D eigenvalue weighted by Crippen LogP contribution is -2.49. The van der Waals surface area contributed by atoms with Crippen molar-refractivity contribution in [2.45, 2.75) is 44.9 Å². The number of aromatic nitrogens is 1. The van der Waals surface area contributed by atoms with E-state index in [2.05, 4.69) is 44.8 Å². The van der Waals surface area contributed by atoms with Gasteiger partial charge in [0.05, 0.1) is 17.9 Å². The number of aryl methyl sites for hydroxylation is 2. The number of benzene rings is 3. The molecule has 1 aliphatic carbocycles. The fourth-order valence-corrected chi connectivity index (χ4v) is 7.09. The molecule has 11 nitrogen and oxygen atoms in total. The number of piperidine rings is 1. The first-order chi connectivity index (χ1) is 25.7. The summed E-state index contributed by atoms with van der Waals surface area (Å²) in [6.07, 6.45) is 10.3. The summed E-state index contributed by atoms with van der Waals surface area (Å²) in [5, 5.41) is 5.79. The predicted molar refractivity (Wildman–Crippen MR) is 208 cm³/mol. The second-order valence-electron chi connectivity index (χ2n) is 13.9. The van der Waals surface area contributed by atoms with E-state index in [1.807, 2.05) is 23.1 Å². The Morgan fingerprint density at radius 1 is 0.830 bits per heavy atom. The van der Waals surface area contributed by atoms with Gasteiger partial charge in [0.2, 0.25) is 11.8 Å². The summed E-state index contributed by atoms with van der Waals surface area (Å²) in [6, 6.07) is 24.4. The maximum atomic E-state index is 13.5. The Morgan fingerprint density at radius 2 is 1.57 bits per heavy atom. The second-order valence-corrected chi connectivity index (χ2v) is 13.9. The van der Waals surface area contributed by atoms with Crippen LogP contribution in [0.3, 0.4) is 0 Å². The molecule has 0 atom stereocenters. The lowest BCUT2D eigenvalue weighted by molar-refractivity contribution is -0.124. The van der Waals surface area contributed by atoms with Gasteiger partial charge in [-0.1, -0.05) is 30.3 Å². The lowest BCUT2D eigenvalue weighted by Gasteiger charge is -2.29. The third-order valence-corrected chi connectivity index (χ3v) is 10.1. The zero-order valence-corrected chi connectivity index (χ0v) is 30.5. The highest BCUT2D eigenvalue weighted by Crippen LogP contribution is 2.33. The topological polar surface area (TPSA) is 141 Å². The molecule has 0 saturated carbocycles. The molecule has 2 saturated heterocycles.